The van der Waals surface area contributed by atoms with Gasteiger partial charge in [-0.05, 0) is 6.92 Å². The van der Waals surface area contributed by atoms with E-state index in [1.54, 1.807) is 0 Å². The Labute approximate surface area is 115 Å². The molecule has 1 N–H and O–H groups in total. The Kier molecular flexibility index (Phi) is 7.66. The van der Waals surface area contributed by atoms with E-state index in [4.69, 9.17) is 0 Å². The Bertz CT molecular complexity index is 245. The molecule has 1 amide bonds. The van der Waals surface area contributed by atoms with E-state index in [9.17, 15) is 18.0 Å². The summed E-state index contributed by atoms with van der Waals surface area (Å²) in [6, 6.07) is 0. The second kappa shape index (κ2) is 7.58. The number of hydrogen-bond acceptors (Lipinski definition) is 2. The predicted molar refractivity (Wildman–Crippen MR) is 65.6 cm³/mol. The molecule has 0 fully saturated rings. The summed E-state index contributed by atoms with van der Waals surface area (Å²) in [6.45, 7) is 0.241. The highest BCUT2D eigenvalue weighted by atomic mass is 79.9. The summed E-state index contributed by atoms with van der Waals surface area (Å²) in [6.07, 6.45) is -4.44. The molecule has 0 aromatic rings. The molecule has 0 heterocycles. The first-order chi connectivity index (χ1) is 7.72. The van der Waals surface area contributed by atoms with Crippen molar-refractivity contribution in [3.8, 4) is 0 Å². The van der Waals surface area contributed by atoms with Gasteiger partial charge in [-0.1, -0.05) is 31.9 Å². The average molecular weight is 385 g/mol. The molecule has 0 atom stereocenters. The van der Waals surface area contributed by atoms with Crippen molar-refractivity contribution in [1.82, 2.24) is 5.32 Å². The van der Waals surface area contributed by atoms with Crippen molar-refractivity contribution >= 4 is 37.8 Å². The van der Waals surface area contributed by atoms with Crippen LogP contribution in [0.25, 0.3) is 0 Å². The van der Waals surface area contributed by atoms with Crippen LogP contribution in [0.5, 0.6) is 0 Å². The lowest BCUT2D eigenvalue weighted by Gasteiger charge is -2.26. The van der Waals surface area contributed by atoms with Crippen molar-refractivity contribution in [3.63, 3.8) is 0 Å². The third-order valence-corrected chi connectivity index (χ3v) is 4.25. The highest BCUT2D eigenvalue weighted by Crippen LogP contribution is 2.14. The van der Waals surface area contributed by atoms with Gasteiger partial charge in [-0.2, -0.15) is 13.2 Å². The van der Waals surface area contributed by atoms with E-state index in [1.165, 1.54) is 0 Å². The molecule has 0 radical (unpaired) electrons. The minimum Gasteiger partial charge on any atom is -0.372 e. The van der Waals surface area contributed by atoms with Gasteiger partial charge >= 0.3 is 6.18 Å². The third kappa shape index (κ3) is 8.84. The zero-order chi connectivity index (χ0) is 13.5. The molecule has 0 aromatic carbocycles. The monoisotopic (exact) mass is 383 g/mol. The maximum Gasteiger partial charge on any atom is 0.411 e. The van der Waals surface area contributed by atoms with Crippen LogP contribution in [0.3, 0.4) is 0 Å². The van der Waals surface area contributed by atoms with Gasteiger partial charge in [0.1, 0.15) is 6.61 Å². The lowest BCUT2D eigenvalue weighted by Crippen LogP contribution is -2.49. The van der Waals surface area contributed by atoms with Gasteiger partial charge in [0, 0.05) is 17.1 Å². The fourth-order valence-corrected chi connectivity index (χ4v) is 2.06. The van der Waals surface area contributed by atoms with Gasteiger partial charge in [-0.25, -0.2) is 0 Å². The summed E-state index contributed by atoms with van der Waals surface area (Å²) in [7, 11) is 0. The summed E-state index contributed by atoms with van der Waals surface area (Å²) in [5.41, 5.74) is -0.457. The van der Waals surface area contributed by atoms with Gasteiger partial charge in [0.15, 0.2) is 0 Å². The molecule has 0 unspecified atom stereocenters. The molecule has 0 saturated heterocycles. The first-order valence-electron chi connectivity index (χ1n) is 4.80. The van der Waals surface area contributed by atoms with Gasteiger partial charge in [0.25, 0.3) is 0 Å². The van der Waals surface area contributed by atoms with Gasteiger partial charge in [-0.3, -0.25) is 4.79 Å². The van der Waals surface area contributed by atoms with Gasteiger partial charge < -0.3 is 10.1 Å². The van der Waals surface area contributed by atoms with Crippen LogP contribution in [0.15, 0.2) is 0 Å². The molecule has 0 aliphatic carbocycles. The summed E-state index contributed by atoms with van der Waals surface area (Å²) in [4.78, 5) is 11.4. The normalized spacial score (nSPS) is 12.6. The summed E-state index contributed by atoms with van der Waals surface area (Å²) >= 11 is 6.49. The van der Waals surface area contributed by atoms with Crippen LogP contribution in [-0.4, -0.2) is 41.5 Å². The maximum atomic E-state index is 11.7. The number of alkyl halides is 5. The molecule has 8 heteroatoms. The first-order valence-corrected chi connectivity index (χ1v) is 7.04. The van der Waals surface area contributed by atoms with E-state index in [0.29, 0.717) is 10.7 Å². The van der Waals surface area contributed by atoms with E-state index in [0.717, 1.165) is 0 Å². The zero-order valence-electron chi connectivity index (χ0n) is 9.24. The van der Waals surface area contributed by atoms with Crippen LogP contribution in [0, 0.1) is 0 Å². The van der Waals surface area contributed by atoms with Crippen LogP contribution >= 0.6 is 31.9 Å². The van der Waals surface area contributed by atoms with Crippen molar-refractivity contribution < 1.29 is 22.7 Å². The third-order valence-electron chi connectivity index (χ3n) is 1.77. The van der Waals surface area contributed by atoms with E-state index >= 15 is 0 Å². The topological polar surface area (TPSA) is 38.3 Å². The van der Waals surface area contributed by atoms with Crippen molar-refractivity contribution in [1.29, 1.82) is 0 Å². The highest BCUT2D eigenvalue weighted by molar-refractivity contribution is 9.09. The Balaban J connectivity index is 3.81. The molecule has 0 spiro atoms. The fraction of sp³-hybridized carbons (Fsp3) is 0.889. The smallest absolute Gasteiger partial charge is 0.372 e. The minimum absolute atomic E-state index is 0.0916. The largest absolute Gasteiger partial charge is 0.411 e. The number of carbonyl (C=O) groups excluding carboxylic acids is 1. The molecular formula is C9H14Br2F3NO2. The second-order valence-corrected chi connectivity index (χ2v) is 4.92. The van der Waals surface area contributed by atoms with Gasteiger partial charge in [-0.15, -0.1) is 0 Å². The molecule has 3 nitrogen and oxygen atoms in total. The number of ether oxygens (including phenoxy) is 1. The lowest BCUT2D eigenvalue weighted by atomic mass is 10.1. The minimum atomic E-state index is -4.35. The molecule has 0 bridgehead atoms. The second-order valence-electron chi connectivity index (χ2n) is 3.79. The molecule has 0 aliphatic heterocycles. The van der Waals surface area contributed by atoms with Crippen molar-refractivity contribution in [2.24, 2.45) is 0 Å². The van der Waals surface area contributed by atoms with Crippen LogP contribution in [0.4, 0.5) is 13.2 Å². The van der Waals surface area contributed by atoms with Crippen LogP contribution in [0.1, 0.15) is 13.3 Å². The van der Waals surface area contributed by atoms with Crippen molar-refractivity contribution in [2.75, 3.05) is 23.9 Å². The van der Waals surface area contributed by atoms with Crippen LogP contribution < -0.4 is 5.32 Å². The molecule has 0 rings (SSSR count). The summed E-state index contributed by atoms with van der Waals surface area (Å²) in [5, 5.41) is 3.78. The van der Waals surface area contributed by atoms with Gasteiger partial charge in [0.2, 0.25) is 5.91 Å². The number of amides is 1. The number of halogens is 5. The maximum absolute atomic E-state index is 11.7. The predicted octanol–water partition coefficient (Wildman–Crippen LogP) is 2.62. The summed E-state index contributed by atoms with van der Waals surface area (Å²) < 4.78 is 39.5. The molecule has 0 aliphatic rings. The lowest BCUT2D eigenvalue weighted by molar-refractivity contribution is -0.174. The molecule has 0 saturated carbocycles. The Hall–Kier alpha value is 0.180. The zero-order valence-corrected chi connectivity index (χ0v) is 12.4. The van der Waals surface area contributed by atoms with E-state index in [1.807, 2.05) is 6.92 Å². The number of nitrogens with one attached hydrogen (secondary N) is 1. The SMILES string of the molecule is CC(CBr)(CBr)NC(=O)CCOCC(F)(F)F. The quantitative estimate of drug-likeness (QED) is 0.541. The highest BCUT2D eigenvalue weighted by Gasteiger charge is 2.28. The van der Waals surface area contributed by atoms with Crippen LogP contribution in [0.2, 0.25) is 0 Å². The number of carbonyl (C=O) groups is 1. The van der Waals surface area contributed by atoms with E-state index in [-0.39, 0.29) is 18.9 Å². The molecular weight excluding hydrogens is 371 g/mol. The van der Waals surface area contributed by atoms with Crippen molar-refractivity contribution in [3.05, 3.63) is 0 Å². The Morgan fingerprint density at radius 1 is 1.29 bits per heavy atom. The number of hydrogen-bond donors (Lipinski definition) is 1. The van der Waals surface area contributed by atoms with E-state index < -0.39 is 18.3 Å². The Morgan fingerprint density at radius 2 is 1.82 bits per heavy atom. The molecule has 17 heavy (non-hydrogen) atoms. The van der Waals surface area contributed by atoms with Gasteiger partial charge in [0.05, 0.1) is 12.1 Å². The Morgan fingerprint density at radius 3 is 2.24 bits per heavy atom. The molecule has 0 aromatic heterocycles. The standard InChI is InChI=1S/C9H14Br2F3NO2/c1-8(4-10,5-11)15-7(16)2-3-17-6-9(12,13)14/h2-6H2,1H3,(H,15,16). The van der Waals surface area contributed by atoms with Crippen molar-refractivity contribution in [2.45, 2.75) is 25.1 Å². The van der Waals surface area contributed by atoms with Crippen LogP contribution in [-0.2, 0) is 9.53 Å². The fourth-order valence-electron chi connectivity index (χ4n) is 0.854. The average Bonchev–Trinajstić information content (AvgIpc) is 2.23. The molecule has 102 valence electrons. The van der Waals surface area contributed by atoms with E-state index in [2.05, 4.69) is 41.9 Å². The first kappa shape index (κ1) is 17.2. The number of rotatable bonds is 7. The summed E-state index contributed by atoms with van der Waals surface area (Å²) in [5.74, 6) is -0.339.